The van der Waals surface area contributed by atoms with Gasteiger partial charge in [0.05, 0.1) is 11.3 Å². The molecule has 3 atom stereocenters. The standard InChI is InChI=1S/C19H24F3N3O2/c1-9-3-4-11(17(23)16(9)22)19(27)25-7-13-12(14(13)8-25)6-24-18(26)10(2)5-15(20)21/h3-4,10,12-15H,5-8,23H2,1-2H3,(H,24,26). The number of fused-ring (bicyclic) bond motifs is 1. The normalized spacial score (nSPS) is 24.7. The molecule has 1 aliphatic heterocycles. The highest BCUT2D eigenvalue weighted by Gasteiger charge is 2.56. The van der Waals surface area contributed by atoms with Crippen molar-refractivity contribution in [3.05, 3.63) is 29.1 Å². The molecule has 1 aliphatic carbocycles. The number of nitrogens with zero attached hydrogens (tertiary/aromatic N) is 1. The number of aryl methyl sites for hydroxylation is 1. The molecule has 3 unspecified atom stereocenters. The van der Waals surface area contributed by atoms with Crippen LogP contribution in [0.2, 0.25) is 0 Å². The van der Waals surface area contributed by atoms with Crippen LogP contribution in [0.3, 0.4) is 0 Å². The van der Waals surface area contributed by atoms with Crippen molar-refractivity contribution in [2.45, 2.75) is 26.7 Å². The zero-order valence-corrected chi connectivity index (χ0v) is 15.3. The minimum Gasteiger partial charge on any atom is -0.396 e. The number of benzene rings is 1. The number of piperidine rings is 1. The van der Waals surface area contributed by atoms with E-state index in [0.29, 0.717) is 25.2 Å². The molecule has 8 heteroatoms. The zero-order chi connectivity index (χ0) is 19.9. The van der Waals surface area contributed by atoms with Crippen molar-refractivity contribution in [1.82, 2.24) is 10.2 Å². The fourth-order valence-corrected chi connectivity index (χ4v) is 3.94. The Bertz CT molecular complexity index is 744. The molecule has 1 aromatic rings. The third-order valence-corrected chi connectivity index (χ3v) is 5.75. The fraction of sp³-hybridized carbons (Fsp3) is 0.579. The first-order valence-electron chi connectivity index (χ1n) is 9.10. The Labute approximate surface area is 156 Å². The van der Waals surface area contributed by atoms with Crippen LogP contribution >= 0.6 is 0 Å². The van der Waals surface area contributed by atoms with Gasteiger partial charge in [-0.2, -0.15) is 0 Å². The quantitative estimate of drug-likeness (QED) is 0.741. The molecule has 2 amide bonds. The summed E-state index contributed by atoms with van der Waals surface area (Å²) in [6.45, 7) is 4.58. The lowest BCUT2D eigenvalue weighted by Gasteiger charge is -2.21. The van der Waals surface area contributed by atoms with Gasteiger partial charge in [-0.15, -0.1) is 0 Å². The molecule has 0 radical (unpaired) electrons. The Kier molecular flexibility index (Phi) is 5.35. The molecule has 27 heavy (non-hydrogen) atoms. The summed E-state index contributed by atoms with van der Waals surface area (Å²) in [7, 11) is 0. The number of hydrogen-bond donors (Lipinski definition) is 2. The highest BCUT2D eigenvalue weighted by molar-refractivity contribution is 5.99. The molecule has 2 fully saturated rings. The maximum Gasteiger partial charge on any atom is 0.256 e. The predicted molar refractivity (Wildman–Crippen MR) is 94.7 cm³/mol. The van der Waals surface area contributed by atoms with Gasteiger partial charge in [0.15, 0.2) is 0 Å². The predicted octanol–water partition coefficient (Wildman–Crippen LogP) is 2.44. The molecule has 0 aromatic heterocycles. The molecular weight excluding hydrogens is 359 g/mol. The Morgan fingerprint density at radius 2 is 1.93 bits per heavy atom. The lowest BCUT2D eigenvalue weighted by atomic mass is 10.1. The van der Waals surface area contributed by atoms with Gasteiger partial charge in [-0.1, -0.05) is 13.0 Å². The summed E-state index contributed by atoms with van der Waals surface area (Å²) in [5.74, 6) is -1.14. The number of carbonyl (C=O) groups is 2. The minimum absolute atomic E-state index is 0.127. The van der Waals surface area contributed by atoms with E-state index in [1.807, 2.05) is 0 Å². The SMILES string of the molecule is Cc1ccc(C(=O)N2CC3C(CNC(=O)C(C)CC(F)F)C3C2)c(N)c1F. The average Bonchev–Trinajstić information content (AvgIpc) is 3.05. The summed E-state index contributed by atoms with van der Waals surface area (Å²) in [4.78, 5) is 26.1. The molecule has 3 rings (SSSR count). The van der Waals surface area contributed by atoms with E-state index in [9.17, 15) is 22.8 Å². The number of alkyl halides is 2. The Hall–Kier alpha value is -2.25. The second-order valence-electron chi connectivity index (χ2n) is 7.63. The van der Waals surface area contributed by atoms with Crippen molar-refractivity contribution in [3.63, 3.8) is 0 Å². The van der Waals surface area contributed by atoms with Crippen molar-refractivity contribution in [2.24, 2.45) is 23.7 Å². The number of likely N-dealkylation sites (tertiary alicyclic amines) is 1. The molecule has 3 N–H and O–H groups in total. The third kappa shape index (κ3) is 3.89. The molecule has 1 saturated carbocycles. The van der Waals surface area contributed by atoms with Crippen molar-refractivity contribution in [3.8, 4) is 0 Å². The van der Waals surface area contributed by atoms with Crippen molar-refractivity contribution in [1.29, 1.82) is 0 Å². The first-order valence-corrected chi connectivity index (χ1v) is 9.10. The number of carbonyl (C=O) groups excluding carboxylic acids is 2. The maximum absolute atomic E-state index is 13.9. The number of amides is 2. The van der Waals surface area contributed by atoms with Gasteiger partial charge in [-0.25, -0.2) is 13.2 Å². The molecule has 1 aromatic carbocycles. The van der Waals surface area contributed by atoms with E-state index in [4.69, 9.17) is 5.73 Å². The van der Waals surface area contributed by atoms with Crippen molar-refractivity contribution >= 4 is 17.5 Å². The van der Waals surface area contributed by atoms with Gasteiger partial charge in [-0.3, -0.25) is 9.59 Å². The number of nitrogen functional groups attached to an aromatic ring is 1. The topological polar surface area (TPSA) is 75.4 Å². The van der Waals surface area contributed by atoms with Crippen LogP contribution < -0.4 is 11.1 Å². The number of anilines is 1. The van der Waals surface area contributed by atoms with Crippen LogP contribution in [-0.4, -0.2) is 42.8 Å². The van der Waals surface area contributed by atoms with Crippen LogP contribution in [0.5, 0.6) is 0 Å². The van der Waals surface area contributed by atoms with Crippen LogP contribution in [0.4, 0.5) is 18.9 Å². The monoisotopic (exact) mass is 383 g/mol. The number of nitrogens with two attached hydrogens (primary N) is 1. The van der Waals surface area contributed by atoms with E-state index in [1.165, 1.54) is 13.0 Å². The van der Waals surface area contributed by atoms with Crippen LogP contribution in [0.1, 0.15) is 29.3 Å². The van der Waals surface area contributed by atoms with Gasteiger partial charge < -0.3 is 16.0 Å². The lowest BCUT2D eigenvalue weighted by Crippen LogP contribution is -2.36. The molecular formula is C19H24F3N3O2. The van der Waals surface area contributed by atoms with Gasteiger partial charge in [0.25, 0.3) is 5.91 Å². The van der Waals surface area contributed by atoms with Crippen LogP contribution in [0.15, 0.2) is 12.1 Å². The molecule has 1 heterocycles. The van der Waals surface area contributed by atoms with Gasteiger partial charge in [0.1, 0.15) is 5.82 Å². The Morgan fingerprint density at radius 3 is 2.52 bits per heavy atom. The van der Waals surface area contributed by atoms with Gasteiger partial charge in [-0.05, 0) is 36.3 Å². The summed E-state index contributed by atoms with van der Waals surface area (Å²) >= 11 is 0. The number of nitrogens with one attached hydrogen (secondary N) is 1. The van der Waals surface area contributed by atoms with E-state index in [1.54, 1.807) is 17.9 Å². The van der Waals surface area contributed by atoms with Crippen LogP contribution in [0.25, 0.3) is 0 Å². The van der Waals surface area contributed by atoms with Crippen LogP contribution in [-0.2, 0) is 4.79 Å². The molecule has 2 aliphatic rings. The molecule has 1 saturated heterocycles. The zero-order valence-electron chi connectivity index (χ0n) is 15.3. The first kappa shape index (κ1) is 19.5. The number of halogens is 3. The van der Waals surface area contributed by atoms with E-state index >= 15 is 0 Å². The smallest absolute Gasteiger partial charge is 0.256 e. The second-order valence-corrected chi connectivity index (χ2v) is 7.63. The van der Waals surface area contributed by atoms with Gasteiger partial charge in [0, 0.05) is 32.0 Å². The van der Waals surface area contributed by atoms with E-state index in [2.05, 4.69) is 5.32 Å². The molecule has 5 nitrogen and oxygen atoms in total. The summed E-state index contributed by atoms with van der Waals surface area (Å²) < 4.78 is 38.6. The average molecular weight is 383 g/mol. The van der Waals surface area contributed by atoms with Crippen LogP contribution in [0, 0.1) is 36.4 Å². The molecule has 0 bridgehead atoms. The second kappa shape index (κ2) is 7.40. The van der Waals surface area contributed by atoms with E-state index in [0.717, 1.165) is 0 Å². The third-order valence-electron chi connectivity index (χ3n) is 5.75. The minimum atomic E-state index is -2.50. The Balaban J connectivity index is 1.49. The van der Waals surface area contributed by atoms with Gasteiger partial charge >= 0.3 is 0 Å². The largest absolute Gasteiger partial charge is 0.396 e. The maximum atomic E-state index is 13.9. The summed E-state index contributed by atoms with van der Waals surface area (Å²) in [5, 5.41) is 2.73. The highest BCUT2D eigenvalue weighted by Crippen LogP contribution is 2.51. The van der Waals surface area contributed by atoms with E-state index in [-0.39, 0.29) is 40.8 Å². The lowest BCUT2D eigenvalue weighted by molar-refractivity contribution is -0.125. The fourth-order valence-electron chi connectivity index (χ4n) is 3.94. The first-order chi connectivity index (χ1) is 12.7. The summed E-state index contributed by atoms with van der Waals surface area (Å²) in [6, 6.07) is 3.08. The number of rotatable bonds is 6. The van der Waals surface area contributed by atoms with Gasteiger partial charge in [0.2, 0.25) is 12.3 Å². The summed E-state index contributed by atoms with van der Waals surface area (Å²) in [6.07, 6.45) is -2.94. The number of hydrogen-bond acceptors (Lipinski definition) is 3. The molecule has 148 valence electrons. The highest BCUT2D eigenvalue weighted by atomic mass is 19.3. The summed E-state index contributed by atoms with van der Waals surface area (Å²) in [5.41, 5.74) is 6.18. The Morgan fingerprint density at radius 1 is 1.30 bits per heavy atom. The molecule has 0 spiro atoms. The van der Waals surface area contributed by atoms with Crippen molar-refractivity contribution < 1.29 is 22.8 Å². The van der Waals surface area contributed by atoms with E-state index < -0.39 is 24.6 Å². The van der Waals surface area contributed by atoms with Crippen molar-refractivity contribution in [2.75, 3.05) is 25.4 Å².